The highest BCUT2D eigenvalue weighted by Crippen LogP contribution is 2.31. The largest absolute Gasteiger partial charge is 0.333 e. The van der Waals surface area contributed by atoms with Crippen molar-refractivity contribution in [3.63, 3.8) is 0 Å². The predicted molar refractivity (Wildman–Crippen MR) is 77.8 cm³/mol. The molecule has 1 N–H and O–H groups in total. The molecule has 0 amide bonds. The van der Waals surface area contributed by atoms with E-state index in [9.17, 15) is 4.39 Å². The molecule has 0 aromatic heterocycles. The zero-order valence-electron chi connectivity index (χ0n) is 10.8. The monoisotopic (exact) mass is 266 g/mol. The summed E-state index contributed by atoms with van der Waals surface area (Å²) in [5.41, 5.74) is 0.508. The summed E-state index contributed by atoms with van der Waals surface area (Å²) in [6.07, 6.45) is 2.35. The van der Waals surface area contributed by atoms with E-state index in [1.165, 1.54) is 18.9 Å². The lowest BCUT2D eigenvalue weighted by Crippen LogP contribution is -2.17. The van der Waals surface area contributed by atoms with Crippen LogP contribution in [0.25, 0.3) is 0 Å². The van der Waals surface area contributed by atoms with Gasteiger partial charge in [0.05, 0.1) is 12.2 Å². The molecule has 0 saturated heterocycles. The lowest BCUT2D eigenvalue weighted by Gasteiger charge is -2.18. The van der Waals surface area contributed by atoms with Crippen LogP contribution in [-0.4, -0.2) is 17.0 Å². The summed E-state index contributed by atoms with van der Waals surface area (Å²) >= 11 is 1.74. The molecule has 0 aliphatic carbocycles. The lowest BCUT2D eigenvalue weighted by atomic mass is 9.99. The van der Waals surface area contributed by atoms with Gasteiger partial charge in [-0.25, -0.2) is 4.39 Å². The van der Waals surface area contributed by atoms with E-state index in [2.05, 4.69) is 24.2 Å². The van der Waals surface area contributed by atoms with Crippen LogP contribution in [0, 0.1) is 11.7 Å². The lowest BCUT2D eigenvalue weighted by molar-refractivity contribution is 0.479. The Labute approximate surface area is 112 Å². The van der Waals surface area contributed by atoms with Gasteiger partial charge in [-0.1, -0.05) is 50.6 Å². The van der Waals surface area contributed by atoms with Gasteiger partial charge in [0, 0.05) is 5.25 Å². The van der Waals surface area contributed by atoms with Crippen molar-refractivity contribution in [1.82, 2.24) is 0 Å². The Bertz CT molecular complexity index is 430. The summed E-state index contributed by atoms with van der Waals surface area (Å²) < 4.78 is 13.5. The van der Waals surface area contributed by atoms with Crippen molar-refractivity contribution >= 4 is 22.6 Å². The highest BCUT2D eigenvalue weighted by molar-refractivity contribution is 8.15. The standard InChI is InChI=1S/C14H19FN2S/c1-3-10(4-2)13-9-16-14(18-13)17-12-8-6-5-7-11(12)15/h5-8,10,13H,3-4,9H2,1-2H3,(H,16,17). The summed E-state index contributed by atoms with van der Waals surface area (Å²) in [6.45, 7) is 5.28. The number of benzene rings is 1. The maximum absolute atomic E-state index is 13.5. The van der Waals surface area contributed by atoms with E-state index in [1.807, 2.05) is 6.07 Å². The fourth-order valence-electron chi connectivity index (χ4n) is 2.20. The second-order valence-electron chi connectivity index (χ2n) is 4.48. The Kier molecular flexibility index (Phi) is 4.64. The molecule has 0 radical (unpaired) electrons. The van der Waals surface area contributed by atoms with Crippen LogP contribution in [0.4, 0.5) is 10.1 Å². The van der Waals surface area contributed by atoms with Crippen LogP contribution >= 0.6 is 11.8 Å². The maximum atomic E-state index is 13.5. The number of thioether (sulfide) groups is 1. The first kappa shape index (κ1) is 13.4. The SMILES string of the molecule is CCC(CC)C1CN=C(Nc2ccccc2F)S1. The minimum atomic E-state index is -0.230. The third-order valence-electron chi connectivity index (χ3n) is 3.37. The van der Waals surface area contributed by atoms with Crippen LogP contribution in [0.3, 0.4) is 0 Å². The van der Waals surface area contributed by atoms with E-state index in [4.69, 9.17) is 0 Å². The van der Waals surface area contributed by atoms with Gasteiger partial charge in [0.25, 0.3) is 0 Å². The number of halogens is 1. The number of amidine groups is 1. The molecule has 2 nitrogen and oxygen atoms in total. The first-order valence-corrected chi connectivity index (χ1v) is 7.35. The summed E-state index contributed by atoms with van der Waals surface area (Å²) in [4.78, 5) is 4.47. The molecule has 1 aliphatic rings. The predicted octanol–water partition coefficient (Wildman–Crippen LogP) is 4.15. The third kappa shape index (κ3) is 3.05. The molecule has 4 heteroatoms. The number of nitrogens with one attached hydrogen (secondary N) is 1. The summed E-state index contributed by atoms with van der Waals surface area (Å²) in [5.74, 6) is 0.463. The summed E-state index contributed by atoms with van der Waals surface area (Å²) in [7, 11) is 0. The van der Waals surface area contributed by atoms with Crippen molar-refractivity contribution in [2.45, 2.75) is 31.9 Å². The first-order valence-electron chi connectivity index (χ1n) is 6.47. The highest BCUT2D eigenvalue weighted by atomic mass is 32.2. The quantitative estimate of drug-likeness (QED) is 0.885. The number of para-hydroxylation sites is 1. The van der Waals surface area contributed by atoms with Crippen LogP contribution < -0.4 is 5.32 Å². The molecule has 0 fully saturated rings. The zero-order valence-corrected chi connectivity index (χ0v) is 11.6. The molecule has 1 heterocycles. The molecular formula is C14H19FN2S. The van der Waals surface area contributed by atoms with Gasteiger partial charge in [-0.2, -0.15) is 0 Å². The Morgan fingerprint density at radius 1 is 1.39 bits per heavy atom. The topological polar surface area (TPSA) is 24.4 Å². The average molecular weight is 266 g/mol. The molecule has 1 aromatic rings. The van der Waals surface area contributed by atoms with E-state index < -0.39 is 0 Å². The van der Waals surface area contributed by atoms with Crippen LogP contribution in [-0.2, 0) is 0 Å². The van der Waals surface area contributed by atoms with Gasteiger partial charge in [-0.15, -0.1) is 0 Å². The second-order valence-corrected chi connectivity index (χ2v) is 5.71. The minimum Gasteiger partial charge on any atom is -0.333 e. The van der Waals surface area contributed by atoms with Crippen molar-refractivity contribution in [3.8, 4) is 0 Å². The molecule has 1 aromatic carbocycles. The number of anilines is 1. The van der Waals surface area contributed by atoms with Crippen LogP contribution in [0.5, 0.6) is 0 Å². The van der Waals surface area contributed by atoms with E-state index in [0.29, 0.717) is 16.9 Å². The van der Waals surface area contributed by atoms with Gasteiger partial charge >= 0.3 is 0 Å². The van der Waals surface area contributed by atoms with Gasteiger partial charge in [-0.3, -0.25) is 4.99 Å². The third-order valence-corrected chi connectivity index (χ3v) is 4.66. The number of hydrogen-bond acceptors (Lipinski definition) is 3. The van der Waals surface area contributed by atoms with Crippen LogP contribution in [0.2, 0.25) is 0 Å². The zero-order chi connectivity index (χ0) is 13.0. The molecule has 98 valence electrons. The number of rotatable bonds is 4. The normalized spacial score (nSPS) is 19.1. The van der Waals surface area contributed by atoms with Gasteiger partial charge < -0.3 is 5.32 Å². The van der Waals surface area contributed by atoms with Crippen molar-refractivity contribution in [1.29, 1.82) is 0 Å². The maximum Gasteiger partial charge on any atom is 0.161 e. The molecule has 0 spiro atoms. The molecule has 1 aliphatic heterocycles. The first-order chi connectivity index (χ1) is 8.74. The smallest absolute Gasteiger partial charge is 0.161 e. The van der Waals surface area contributed by atoms with Crippen molar-refractivity contribution in [3.05, 3.63) is 30.1 Å². The van der Waals surface area contributed by atoms with Crippen molar-refractivity contribution in [2.24, 2.45) is 10.9 Å². The number of aliphatic imine (C=N–C) groups is 1. The van der Waals surface area contributed by atoms with Crippen molar-refractivity contribution in [2.75, 3.05) is 11.9 Å². The van der Waals surface area contributed by atoms with E-state index >= 15 is 0 Å². The molecule has 0 saturated carbocycles. The van der Waals surface area contributed by atoms with E-state index in [0.717, 1.165) is 11.7 Å². The van der Waals surface area contributed by atoms with Gasteiger partial charge in [0.15, 0.2) is 5.17 Å². The van der Waals surface area contributed by atoms with E-state index in [-0.39, 0.29) is 5.82 Å². The van der Waals surface area contributed by atoms with Gasteiger partial charge in [0.2, 0.25) is 0 Å². The molecule has 18 heavy (non-hydrogen) atoms. The van der Waals surface area contributed by atoms with Gasteiger partial charge in [0.1, 0.15) is 5.82 Å². The molecule has 1 unspecified atom stereocenters. The average Bonchev–Trinajstić information content (AvgIpc) is 2.82. The Morgan fingerprint density at radius 3 is 2.78 bits per heavy atom. The minimum absolute atomic E-state index is 0.230. The molecule has 2 rings (SSSR count). The number of hydrogen-bond donors (Lipinski definition) is 1. The summed E-state index contributed by atoms with van der Waals surface area (Å²) in [5, 5.41) is 4.46. The molecule has 1 atom stereocenters. The molecule has 0 bridgehead atoms. The fourth-order valence-corrected chi connectivity index (χ4v) is 3.53. The summed E-state index contributed by atoms with van der Waals surface area (Å²) in [6, 6.07) is 6.71. The van der Waals surface area contributed by atoms with Crippen LogP contribution in [0.1, 0.15) is 26.7 Å². The highest BCUT2D eigenvalue weighted by Gasteiger charge is 2.26. The van der Waals surface area contributed by atoms with Crippen LogP contribution in [0.15, 0.2) is 29.3 Å². The molecular weight excluding hydrogens is 247 g/mol. The number of nitrogens with zero attached hydrogens (tertiary/aromatic N) is 1. The Hall–Kier alpha value is -1.03. The Balaban J connectivity index is 1.95. The second kappa shape index (κ2) is 6.23. The van der Waals surface area contributed by atoms with E-state index in [1.54, 1.807) is 23.9 Å². The van der Waals surface area contributed by atoms with Crippen molar-refractivity contribution < 1.29 is 4.39 Å². The Morgan fingerprint density at radius 2 is 2.11 bits per heavy atom. The van der Waals surface area contributed by atoms with Gasteiger partial charge in [-0.05, 0) is 18.1 Å². The fraction of sp³-hybridized carbons (Fsp3) is 0.500.